The third-order valence-corrected chi connectivity index (χ3v) is 1.60. The fraction of sp³-hybridized carbons (Fsp3) is 0.100. The van der Waals surface area contributed by atoms with Crippen LogP contribution in [-0.4, -0.2) is 13.0 Å². The number of anilines is 1. The lowest BCUT2D eigenvalue weighted by Gasteiger charge is -2.05. The summed E-state index contributed by atoms with van der Waals surface area (Å²) in [5.41, 5.74) is 0.466. The van der Waals surface area contributed by atoms with Crippen LogP contribution in [-0.2, 0) is 4.79 Å². The summed E-state index contributed by atoms with van der Waals surface area (Å²) in [5.74, 6) is -0.727. The van der Waals surface area contributed by atoms with E-state index in [1.54, 1.807) is 0 Å². The Hall–Kier alpha value is -1.84. The van der Waals surface area contributed by atoms with E-state index in [9.17, 15) is 9.18 Å². The quantitative estimate of drug-likeness (QED) is 0.748. The summed E-state index contributed by atoms with van der Waals surface area (Å²) in [6, 6.07) is 4.06. The first-order valence-corrected chi connectivity index (χ1v) is 3.94. The molecule has 1 N–H and O–H groups in total. The fourth-order valence-electron chi connectivity index (χ4n) is 0.931. The van der Waals surface area contributed by atoms with E-state index >= 15 is 0 Å². The molecule has 0 aliphatic carbocycles. The molecule has 1 aromatic carbocycles. The zero-order chi connectivity index (χ0) is 10.6. The minimum Gasteiger partial charge on any atom is -0.494 e. The summed E-state index contributed by atoms with van der Waals surface area (Å²) in [4.78, 5) is 10.9. The van der Waals surface area contributed by atoms with Gasteiger partial charge in [-0.25, -0.2) is 4.39 Å². The molecular weight excluding hydrogens is 185 g/mol. The molecule has 1 aromatic rings. The van der Waals surface area contributed by atoms with Crippen LogP contribution < -0.4 is 10.1 Å². The standard InChI is InChI=1S/C10H10FNO2/c1-3-10(13)12-7-4-5-8(11)9(6-7)14-2/h3-6H,1H2,2H3,(H,12,13). The Labute approximate surface area is 81.2 Å². The first kappa shape index (κ1) is 10.2. The number of nitrogens with one attached hydrogen (secondary N) is 1. The Balaban J connectivity index is 2.89. The third-order valence-electron chi connectivity index (χ3n) is 1.60. The average Bonchev–Trinajstić information content (AvgIpc) is 2.20. The second-order valence-corrected chi connectivity index (χ2v) is 2.54. The largest absolute Gasteiger partial charge is 0.494 e. The van der Waals surface area contributed by atoms with Crippen molar-refractivity contribution in [3.05, 3.63) is 36.7 Å². The third kappa shape index (κ3) is 2.32. The molecule has 1 amide bonds. The topological polar surface area (TPSA) is 38.3 Å². The maximum absolute atomic E-state index is 12.9. The smallest absolute Gasteiger partial charge is 0.247 e. The SMILES string of the molecule is C=CC(=O)Nc1ccc(F)c(OC)c1. The molecule has 3 nitrogen and oxygen atoms in total. The van der Waals surface area contributed by atoms with Gasteiger partial charge in [0.2, 0.25) is 5.91 Å². The van der Waals surface area contributed by atoms with Crippen molar-refractivity contribution in [1.29, 1.82) is 0 Å². The van der Waals surface area contributed by atoms with Gasteiger partial charge in [0.1, 0.15) is 0 Å². The molecule has 0 saturated carbocycles. The van der Waals surface area contributed by atoms with Gasteiger partial charge in [-0.3, -0.25) is 4.79 Å². The van der Waals surface area contributed by atoms with Crippen molar-refractivity contribution in [2.75, 3.05) is 12.4 Å². The average molecular weight is 195 g/mol. The van der Waals surface area contributed by atoms with Gasteiger partial charge < -0.3 is 10.1 Å². The van der Waals surface area contributed by atoms with Crippen LogP contribution in [0.3, 0.4) is 0 Å². The highest BCUT2D eigenvalue weighted by Crippen LogP contribution is 2.21. The Kier molecular flexibility index (Phi) is 3.23. The predicted octanol–water partition coefficient (Wildman–Crippen LogP) is 1.96. The minimum absolute atomic E-state index is 0.0897. The maximum atomic E-state index is 12.9. The molecule has 0 heterocycles. The molecule has 0 radical (unpaired) electrons. The number of amides is 1. The van der Waals surface area contributed by atoms with Crippen molar-refractivity contribution >= 4 is 11.6 Å². The van der Waals surface area contributed by atoms with Gasteiger partial charge >= 0.3 is 0 Å². The number of hydrogen-bond acceptors (Lipinski definition) is 2. The monoisotopic (exact) mass is 195 g/mol. The van der Waals surface area contributed by atoms with E-state index in [-0.39, 0.29) is 11.7 Å². The van der Waals surface area contributed by atoms with Gasteiger partial charge in [0.05, 0.1) is 7.11 Å². The van der Waals surface area contributed by atoms with E-state index in [4.69, 9.17) is 4.74 Å². The molecule has 0 unspecified atom stereocenters. The van der Waals surface area contributed by atoms with Crippen molar-refractivity contribution in [2.24, 2.45) is 0 Å². The highest BCUT2D eigenvalue weighted by Gasteiger charge is 2.04. The Morgan fingerprint density at radius 3 is 2.93 bits per heavy atom. The lowest BCUT2D eigenvalue weighted by atomic mass is 10.3. The molecule has 1 rings (SSSR count). The van der Waals surface area contributed by atoms with Gasteiger partial charge in [-0.05, 0) is 18.2 Å². The second-order valence-electron chi connectivity index (χ2n) is 2.54. The van der Waals surface area contributed by atoms with E-state index in [2.05, 4.69) is 11.9 Å². The number of carbonyl (C=O) groups is 1. The predicted molar refractivity (Wildman–Crippen MR) is 51.8 cm³/mol. The zero-order valence-corrected chi connectivity index (χ0v) is 7.71. The lowest BCUT2D eigenvalue weighted by Crippen LogP contribution is -2.07. The first-order valence-electron chi connectivity index (χ1n) is 3.94. The number of carbonyl (C=O) groups excluding carboxylic acids is 1. The first-order chi connectivity index (χ1) is 6.67. The van der Waals surface area contributed by atoms with Gasteiger partial charge in [0.25, 0.3) is 0 Å². The van der Waals surface area contributed by atoms with Crippen LogP contribution in [0.4, 0.5) is 10.1 Å². The van der Waals surface area contributed by atoms with Gasteiger partial charge in [-0.1, -0.05) is 6.58 Å². The van der Waals surface area contributed by atoms with Crippen molar-refractivity contribution in [3.63, 3.8) is 0 Å². The zero-order valence-electron chi connectivity index (χ0n) is 7.71. The molecule has 0 spiro atoms. The molecule has 4 heteroatoms. The fourth-order valence-corrected chi connectivity index (χ4v) is 0.931. The lowest BCUT2D eigenvalue weighted by molar-refractivity contribution is -0.111. The molecule has 0 aromatic heterocycles. The second kappa shape index (κ2) is 4.41. The highest BCUT2D eigenvalue weighted by atomic mass is 19.1. The number of ether oxygens (including phenoxy) is 1. The summed E-state index contributed by atoms with van der Waals surface area (Å²) in [6.07, 6.45) is 1.13. The number of benzene rings is 1. The van der Waals surface area contributed by atoms with Gasteiger partial charge in [-0.2, -0.15) is 0 Å². The molecule has 0 atom stereocenters. The molecule has 0 aliphatic rings. The van der Waals surface area contributed by atoms with Crippen LogP contribution in [0.15, 0.2) is 30.9 Å². The molecule has 74 valence electrons. The Morgan fingerprint density at radius 1 is 1.64 bits per heavy atom. The molecule has 14 heavy (non-hydrogen) atoms. The van der Waals surface area contributed by atoms with Gasteiger partial charge in [0, 0.05) is 11.8 Å². The molecule has 0 aliphatic heterocycles. The molecule has 0 fully saturated rings. The number of methoxy groups -OCH3 is 1. The van der Waals surface area contributed by atoms with Crippen LogP contribution in [0.25, 0.3) is 0 Å². The van der Waals surface area contributed by atoms with E-state index in [1.807, 2.05) is 0 Å². The van der Waals surface area contributed by atoms with Crippen LogP contribution in [0.1, 0.15) is 0 Å². The highest BCUT2D eigenvalue weighted by molar-refractivity contribution is 5.98. The minimum atomic E-state index is -0.468. The van der Waals surface area contributed by atoms with Crippen LogP contribution in [0.5, 0.6) is 5.75 Å². The van der Waals surface area contributed by atoms with Crippen molar-refractivity contribution in [1.82, 2.24) is 0 Å². The van der Waals surface area contributed by atoms with E-state index in [1.165, 1.54) is 25.3 Å². The number of halogens is 1. The molecular formula is C10H10FNO2. The number of hydrogen-bond donors (Lipinski definition) is 1. The van der Waals surface area contributed by atoms with E-state index < -0.39 is 5.82 Å². The van der Waals surface area contributed by atoms with Crippen LogP contribution in [0, 0.1) is 5.82 Å². The van der Waals surface area contributed by atoms with E-state index in [0.717, 1.165) is 6.08 Å². The summed E-state index contributed by atoms with van der Waals surface area (Å²) >= 11 is 0. The summed E-state index contributed by atoms with van der Waals surface area (Å²) < 4.78 is 17.7. The van der Waals surface area contributed by atoms with Gasteiger partial charge in [0.15, 0.2) is 11.6 Å². The normalized spacial score (nSPS) is 9.29. The van der Waals surface area contributed by atoms with Gasteiger partial charge in [-0.15, -0.1) is 0 Å². The van der Waals surface area contributed by atoms with Crippen molar-refractivity contribution < 1.29 is 13.9 Å². The Morgan fingerprint density at radius 2 is 2.36 bits per heavy atom. The Bertz CT molecular complexity index is 363. The number of rotatable bonds is 3. The van der Waals surface area contributed by atoms with Crippen molar-refractivity contribution in [2.45, 2.75) is 0 Å². The van der Waals surface area contributed by atoms with Crippen LogP contribution >= 0.6 is 0 Å². The van der Waals surface area contributed by atoms with Crippen molar-refractivity contribution in [3.8, 4) is 5.75 Å². The molecule has 0 bridgehead atoms. The maximum Gasteiger partial charge on any atom is 0.247 e. The summed E-state index contributed by atoms with van der Waals surface area (Å²) in [6.45, 7) is 3.30. The summed E-state index contributed by atoms with van der Waals surface area (Å²) in [5, 5.41) is 2.49. The summed E-state index contributed by atoms with van der Waals surface area (Å²) in [7, 11) is 1.36. The van der Waals surface area contributed by atoms with E-state index in [0.29, 0.717) is 5.69 Å². The van der Waals surface area contributed by atoms with Crippen LogP contribution in [0.2, 0.25) is 0 Å². The molecule has 0 saturated heterocycles.